The molecule has 1 fully saturated rings. The summed E-state index contributed by atoms with van der Waals surface area (Å²) < 4.78 is 0. The van der Waals surface area contributed by atoms with Gasteiger partial charge in [-0.1, -0.05) is 27.2 Å². The molecule has 106 valence electrons. The Morgan fingerprint density at radius 1 is 1.33 bits per heavy atom. The van der Waals surface area contributed by atoms with Gasteiger partial charge in [-0.3, -0.25) is 4.79 Å². The van der Waals surface area contributed by atoms with E-state index in [0.29, 0.717) is 0 Å². The third-order valence-electron chi connectivity index (χ3n) is 4.24. The molecular weight excluding hydrogens is 228 g/mol. The first-order chi connectivity index (χ1) is 8.57. The van der Waals surface area contributed by atoms with Gasteiger partial charge in [0.15, 0.2) is 0 Å². The average molecular weight is 256 g/mol. The van der Waals surface area contributed by atoms with E-state index in [0.717, 1.165) is 58.5 Å². The van der Waals surface area contributed by atoms with E-state index >= 15 is 0 Å². The summed E-state index contributed by atoms with van der Waals surface area (Å²) in [5.74, 6) is -0.602. The summed E-state index contributed by atoms with van der Waals surface area (Å²) in [5, 5.41) is 9.45. The smallest absolute Gasteiger partial charge is 0.310 e. The summed E-state index contributed by atoms with van der Waals surface area (Å²) in [7, 11) is 0. The van der Waals surface area contributed by atoms with Crippen LogP contribution >= 0.6 is 0 Å². The Hall–Kier alpha value is -0.610. The fourth-order valence-electron chi connectivity index (χ4n) is 2.94. The van der Waals surface area contributed by atoms with Crippen LogP contribution in [-0.4, -0.2) is 60.1 Å². The molecule has 0 spiro atoms. The number of aliphatic carboxylic acids is 1. The van der Waals surface area contributed by atoms with E-state index in [-0.39, 0.29) is 0 Å². The molecule has 0 bridgehead atoms. The van der Waals surface area contributed by atoms with E-state index in [2.05, 4.69) is 30.6 Å². The van der Waals surface area contributed by atoms with Crippen LogP contribution in [0.15, 0.2) is 0 Å². The van der Waals surface area contributed by atoms with Crippen molar-refractivity contribution in [3.05, 3.63) is 0 Å². The van der Waals surface area contributed by atoms with Crippen LogP contribution < -0.4 is 0 Å². The number of carbonyl (C=O) groups is 1. The quantitative estimate of drug-likeness (QED) is 0.720. The van der Waals surface area contributed by atoms with E-state index in [1.165, 1.54) is 0 Å². The number of rotatable bonds is 8. The fourth-order valence-corrected chi connectivity index (χ4v) is 2.94. The molecule has 1 saturated heterocycles. The van der Waals surface area contributed by atoms with Crippen molar-refractivity contribution in [3.63, 3.8) is 0 Å². The second-order valence-corrected chi connectivity index (χ2v) is 5.39. The molecule has 4 heteroatoms. The Kier molecular flexibility index (Phi) is 6.09. The zero-order valence-electron chi connectivity index (χ0n) is 12.1. The van der Waals surface area contributed by atoms with Gasteiger partial charge in [0.2, 0.25) is 0 Å². The normalized spacial score (nSPS) is 24.9. The number of carboxylic acids is 1. The summed E-state index contributed by atoms with van der Waals surface area (Å²) in [5.41, 5.74) is -0.474. The third-order valence-corrected chi connectivity index (χ3v) is 4.24. The number of carboxylic acid groups (broad SMARTS) is 1. The predicted octanol–water partition coefficient (Wildman–Crippen LogP) is 1.91. The van der Waals surface area contributed by atoms with Gasteiger partial charge in [0.1, 0.15) is 0 Å². The molecule has 1 aliphatic heterocycles. The number of likely N-dealkylation sites (tertiary alicyclic amines) is 1. The lowest BCUT2D eigenvalue weighted by Crippen LogP contribution is -2.38. The Balaban J connectivity index is 2.46. The van der Waals surface area contributed by atoms with Gasteiger partial charge >= 0.3 is 5.97 Å². The zero-order chi connectivity index (χ0) is 13.6. The number of hydrogen-bond acceptors (Lipinski definition) is 3. The molecule has 0 aromatic carbocycles. The van der Waals surface area contributed by atoms with Crippen molar-refractivity contribution in [2.24, 2.45) is 5.41 Å². The van der Waals surface area contributed by atoms with Crippen LogP contribution in [0.2, 0.25) is 0 Å². The topological polar surface area (TPSA) is 43.8 Å². The standard InChI is InChI=1S/C14H28N2O2/c1-4-7-14(13(17)18)8-9-16(12-14)11-10-15(5-2)6-3/h4-12H2,1-3H3,(H,17,18). The summed E-state index contributed by atoms with van der Waals surface area (Å²) in [6.45, 7) is 12.3. The zero-order valence-corrected chi connectivity index (χ0v) is 12.1. The summed E-state index contributed by atoms with van der Waals surface area (Å²) in [4.78, 5) is 16.2. The molecule has 0 aliphatic carbocycles. The molecule has 0 aromatic rings. The third kappa shape index (κ3) is 3.69. The van der Waals surface area contributed by atoms with Crippen molar-refractivity contribution in [3.8, 4) is 0 Å². The molecule has 1 N–H and O–H groups in total. The highest BCUT2D eigenvalue weighted by Gasteiger charge is 2.43. The molecule has 0 aromatic heterocycles. The van der Waals surface area contributed by atoms with Gasteiger partial charge in [0, 0.05) is 19.6 Å². The predicted molar refractivity (Wildman–Crippen MR) is 73.8 cm³/mol. The molecule has 0 saturated carbocycles. The Morgan fingerprint density at radius 2 is 2.00 bits per heavy atom. The van der Waals surface area contributed by atoms with Crippen molar-refractivity contribution in [2.45, 2.75) is 40.0 Å². The molecule has 1 unspecified atom stereocenters. The van der Waals surface area contributed by atoms with Crippen molar-refractivity contribution in [1.82, 2.24) is 9.80 Å². The highest BCUT2D eigenvalue weighted by Crippen LogP contribution is 2.35. The molecule has 0 radical (unpaired) electrons. The molecule has 1 rings (SSSR count). The maximum atomic E-state index is 11.5. The highest BCUT2D eigenvalue weighted by molar-refractivity contribution is 5.75. The van der Waals surface area contributed by atoms with Gasteiger partial charge in [-0.25, -0.2) is 0 Å². The summed E-state index contributed by atoms with van der Waals surface area (Å²) in [6.07, 6.45) is 2.58. The molecule has 18 heavy (non-hydrogen) atoms. The van der Waals surface area contributed by atoms with Crippen LogP contribution in [-0.2, 0) is 4.79 Å². The average Bonchev–Trinajstić information content (AvgIpc) is 2.76. The minimum atomic E-state index is -0.602. The van der Waals surface area contributed by atoms with Crippen molar-refractivity contribution < 1.29 is 9.90 Å². The van der Waals surface area contributed by atoms with Gasteiger partial charge < -0.3 is 14.9 Å². The lowest BCUT2D eigenvalue weighted by Gasteiger charge is -2.26. The van der Waals surface area contributed by atoms with E-state index in [9.17, 15) is 9.90 Å². The first-order valence-corrected chi connectivity index (χ1v) is 7.26. The van der Waals surface area contributed by atoms with Crippen LogP contribution in [0.4, 0.5) is 0 Å². The van der Waals surface area contributed by atoms with Crippen LogP contribution in [0.3, 0.4) is 0 Å². The van der Waals surface area contributed by atoms with Crippen molar-refractivity contribution >= 4 is 5.97 Å². The highest BCUT2D eigenvalue weighted by atomic mass is 16.4. The number of hydrogen-bond donors (Lipinski definition) is 1. The SMILES string of the molecule is CCCC1(C(=O)O)CCN(CCN(CC)CC)C1. The molecular formula is C14H28N2O2. The minimum Gasteiger partial charge on any atom is -0.481 e. The van der Waals surface area contributed by atoms with Crippen LogP contribution in [0, 0.1) is 5.41 Å². The van der Waals surface area contributed by atoms with E-state index in [4.69, 9.17) is 0 Å². The maximum Gasteiger partial charge on any atom is 0.310 e. The largest absolute Gasteiger partial charge is 0.481 e. The molecule has 1 heterocycles. The van der Waals surface area contributed by atoms with Crippen LogP contribution in [0.1, 0.15) is 40.0 Å². The van der Waals surface area contributed by atoms with Crippen molar-refractivity contribution in [1.29, 1.82) is 0 Å². The number of nitrogens with zero attached hydrogens (tertiary/aromatic N) is 2. The Bertz CT molecular complexity index is 267. The fraction of sp³-hybridized carbons (Fsp3) is 0.929. The van der Waals surface area contributed by atoms with Crippen LogP contribution in [0.5, 0.6) is 0 Å². The monoisotopic (exact) mass is 256 g/mol. The second kappa shape index (κ2) is 7.10. The van der Waals surface area contributed by atoms with E-state index in [1.54, 1.807) is 0 Å². The second-order valence-electron chi connectivity index (χ2n) is 5.39. The van der Waals surface area contributed by atoms with Gasteiger partial charge in [-0.05, 0) is 32.5 Å². The molecule has 1 aliphatic rings. The minimum absolute atomic E-state index is 0.474. The van der Waals surface area contributed by atoms with E-state index < -0.39 is 11.4 Å². The van der Waals surface area contributed by atoms with E-state index in [1.807, 2.05) is 0 Å². The molecule has 1 atom stereocenters. The number of likely N-dealkylation sites (N-methyl/N-ethyl adjacent to an activating group) is 1. The van der Waals surface area contributed by atoms with Crippen LogP contribution in [0.25, 0.3) is 0 Å². The van der Waals surface area contributed by atoms with Gasteiger partial charge in [0.05, 0.1) is 5.41 Å². The Labute approximate surface area is 111 Å². The van der Waals surface area contributed by atoms with Gasteiger partial charge in [0.25, 0.3) is 0 Å². The lowest BCUT2D eigenvalue weighted by molar-refractivity contribution is -0.148. The molecule has 0 amide bonds. The first kappa shape index (κ1) is 15.4. The van der Waals surface area contributed by atoms with Crippen molar-refractivity contribution in [2.75, 3.05) is 39.3 Å². The summed E-state index contributed by atoms with van der Waals surface area (Å²) in [6, 6.07) is 0. The Morgan fingerprint density at radius 3 is 2.50 bits per heavy atom. The van der Waals surface area contributed by atoms with Gasteiger partial charge in [-0.15, -0.1) is 0 Å². The summed E-state index contributed by atoms with van der Waals surface area (Å²) >= 11 is 0. The lowest BCUT2D eigenvalue weighted by atomic mass is 9.83. The maximum absolute atomic E-state index is 11.5. The van der Waals surface area contributed by atoms with Gasteiger partial charge in [-0.2, -0.15) is 0 Å². The molecule has 4 nitrogen and oxygen atoms in total. The first-order valence-electron chi connectivity index (χ1n) is 7.26.